The zero-order valence-electron chi connectivity index (χ0n) is 11.1. The first-order valence-electron chi connectivity index (χ1n) is 6.30. The van der Waals surface area contributed by atoms with Gasteiger partial charge in [-0.1, -0.05) is 6.92 Å². The summed E-state index contributed by atoms with van der Waals surface area (Å²) in [6, 6.07) is 0.0774. The van der Waals surface area contributed by atoms with Crippen LogP contribution in [-0.2, 0) is 9.53 Å². The van der Waals surface area contributed by atoms with Crippen LogP contribution in [0.25, 0.3) is 0 Å². The molecule has 0 bridgehead atoms. The largest absolute Gasteiger partial charge is 0.383 e. The van der Waals surface area contributed by atoms with Crippen molar-refractivity contribution in [2.24, 2.45) is 11.7 Å². The van der Waals surface area contributed by atoms with Crippen molar-refractivity contribution < 1.29 is 9.53 Å². The Balaban J connectivity index is 2.39. The molecular formula is C12H25N3O2. The number of methoxy groups -OCH3 is 1. The van der Waals surface area contributed by atoms with Crippen LogP contribution >= 0.6 is 0 Å². The van der Waals surface area contributed by atoms with Gasteiger partial charge in [0.25, 0.3) is 0 Å². The normalized spacial score (nSPS) is 27.8. The maximum Gasteiger partial charge on any atom is 0.237 e. The summed E-state index contributed by atoms with van der Waals surface area (Å²) in [6.45, 7) is 6.99. The van der Waals surface area contributed by atoms with Gasteiger partial charge in [0.15, 0.2) is 0 Å². The van der Waals surface area contributed by atoms with Crippen LogP contribution in [0.5, 0.6) is 0 Å². The number of carbonyl (C=O) groups excluding carboxylic acids is 1. The highest BCUT2D eigenvalue weighted by molar-refractivity contribution is 5.81. The smallest absolute Gasteiger partial charge is 0.237 e. The Morgan fingerprint density at radius 2 is 2.29 bits per heavy atom. The highest BCUT2D eigenvalue weighted by atomic mass is 16.5. The summed E-state index contributed by atoms with van der Waals surface area (Å²) in [5.74, 6) is 0.622. The predicted octanol–water partition coefficient (Wildman–Crippen LogP) is -0.193. The quantitative estimate of drug-likeness (QED) is 0.657. The molecule has 5 nitrogen and oxygen atoms in total. The second-order valence-electron chi connectivity index (χ2n) is 5.01. The van der Waals surface area contributed by atoms with Crippen molar-refractivity contribution in [1.82, 2.24) is 10.2 Å². The zero-order chi connectivity index (χ0) is 12.8. The summed E-state index contributed by atoms with van der Waals surface area (Å²) >= 11 is 0. The molecule has 1 saturated heterocycles. The lowest BCUT2D eigenvalue weighted by atomic mass is 9.95. The molecule has 0 aliphatic carbocycles. The topological polar surface area (TPSA) is 67.6 Å². The lowest BCUT2D eigenvalue weighted by Gasteiger charge is -2.37. The molecule has 3 atom stereocenters. The van der Waals surface area contributed by atoms with Gasteiger partial charge in [-0.15, -0.1) is 0 Å². The van der Waals surface area contributed by atoms with Crippen molar-refractivity contribution in [3.05, 3.63) is 0 Å². The van der Waals surface area contributed by atoms with E-state index in [9.17, 15) is 4.79 Å². The van der Waals surface area contributed by atoms with Crippen molar-refractivity contribution in [2.45, 2.75) is 32.4 Å². The number of piperidine rings is 1. The molecule has 5 heteroatoms. The molecule has 17 heavy (non-hydrogen) atoms. The maximum absolute atomic E-state index is 11.9. The number of rotatable bonds is 5. The van der Waals surface area contributed by atoms with Gasteiger partial charge in [-0.05, 0) is 19.3 Å². The fraction of sp³-hybridized carbons (Fsp3) is 0.917. The van der Waals surface area contributed by atoms with Crippen molar-refractivity contribution >= 4 is 5.91 Å². The minimum atomic E-state index is -0.111. The summed E-state index contributed by atoms with van der Waals surface area (Å²) in [5, 5.41) is 2.86. The lowest BCUT2D eigenvalue weighted by Crippen LogP contribution is -2.54. The van der Waals surface area contributed by atoms with Crippen LogP contribution < -0.4 is 11.1 Å². The van der Waals surface area contributed by atoms with E-state index < -0.39 is 0 Å². The van der Waals surface area contributed by atoms with Gasteiger partial charge in [0.2, 0.25) is 5.91 Å². The molecule has 0 aromatic heterocycles. The second-order valence-corrected chi connectivity index (χ2v) is 5.01. The molecule has 1 rings (SSSR count). The summed E-state index contributed by atoms with van der Waals surface area (Å²) in [4.78, 5) is 14.0. The minimum Gasteiger partial charge on any atom is -0.383 e. The number of amides is 1. The average molecular weight is 243 g/mol. The van der Waals surface area contributed by atoms with Gasteiger partial charge in [0, 0.05) is 32.8 Å². The second kappa shape index (κ2) is 6.93. The molecule has 1 aliphatic rings. The Bertz CT molecular complexity index is 238. The molecule has 0 aromatic carbocycles. The zero-order valence-corrected chi connectivity index (χ0v) is 11.1. The molecule has 0 radical (unpaired) electrons. The molecule has 3 unspecified atom stereocenters. The number of likely N-dealkylation sites (tertiary alicyclic amines) is 1. The number of nitrogens with zero attached hydrogens (tertiary/aromatic N) is 1. The number of nitrogens with two attached hydrogens (primary N) is 1. The summed E-state index contributed by atoms with van der Waals surface area (Å²) in [6.07, 6.45) is 1.05. The minimum absolute atomic E-state index is 0.0587. The van der Waals surface area contributed by atoms with E-state index in [4.69, 9.17) is 10.5 Å². The van der Waals surface area contributed by atoms with Crippen LogP contribution in [0.4, 0.5) is 0 Å². The number of nitrogens with one attached hydrogen (secondary N) is 1. The van der Waals surface area contributed by atoms with Crippen LogP contribution in [-0.4, -0.2) is 56.2 Å². The number of hydrogen-bond acceptors (Lipinski definition) is 4. The van der Waals surface area contributed by atoms with Gasteiger partial charge in [0.05, 0.1) is 12.6 Å². The molecule has 1 fully saturated rings. The first-order valence-corrected chi connectivity index (χ1v) is 6.30. The Morgan fingerprint density at radius 1 is 1.59 bits per heavy atom. The maximum atomic E-state index is 11.9. The van der Waals surface area contributed by atoms with Crippen LogP contribution in [0.3, 0.4) is 0 Å². The first-order chi connectivity index (χ1) is 8.04. The summed E-state index contributed by atoms with van der Waals surface area (Å²) < 4.78 is 4.90. The van der Waals surface area contributed by atoms with E-state index in [-0.39, 0.29) is 18.0 Å². The van der Waals surface area contributed by atoms with Crippen LogP contribution in [0.1, 0.15) is 20.3 Å². The molecule has 1 heterocycles. The Morgan fingerprint density at radius 3 is 2.88 bits per heavy atom. The lowest BCUT2D eigenvalue weighted by molar-refractivity contribution is -0.126. The Hall–Kier alpha value is -0.650. The van der Waals surface area contributed by atoms with Gasteiger partial charge in [-0.3, -0.25) is 9.69 Å². The van der Waals surface area contributed by atoms with E-state index in [1.165, 1.54) is 0 Å². The molecular weight excluding hydrogens is 218 g/mol. The molecule has 1 amide bonds. The SMILES string of the molecule is COCCNC(=O)C(C)N1CC(C)CC(N)C1. The third-order valence-electron chi connectivity index (χ3n) is 3.25. The van der Waals surface area contributed by atoms with E-state index in [1.54, 1.807) is 7.11 Å². The van der Waals surface area contributed by atoms with Gasteiger partial charge in [-0.2, -0.15) is 0 Å². The standard InChI is InChI=1S/C12H25N3O2/c1-9-6-11(13)8-15(7-9)10(2)12(16)14-4-5-17-3/h9-11H,4-8,13H2,1-3H3,(H,14,16). The highest BCUT2D eigenvalue weighted by Gasteiger charge is 2.28. The van der Waals surface area contributed by atoms with Crippen molar-refractivity contribution in [2.75, 3.05) is 33.4 Å². The van der Waals surface area contributed by atoms with E-state index in [2.05, 4.69) is 17.1 Å². The number of hydrogen-bond donors (Lipinski definition) is 2. The fourth-order valence-electron chi connectivity index (χ4n) is 2.35. The van der Waals surface area contributed by atoms with Crippen molar-refractivity contribution in [3.63, 3.8) is 0 Å². The average Bonchev–Trinajstić information content (AvgIpc) is 2.27. The molecule has 100 valence electrons. The third kappa shape index (κ3) is 4.61. The predicted molar refractivity (Wildman–Crippen MR) is 67.7 cm³/mol. The molecule has 0 saturated carbocycles. The molecule has 0 aromatic rings. The fourth-order valence-corrected chi connectivity index (χ4v) is 2.35. The Labute approximate surface area is 104 Å². The van der Waals surface area contributed by atoms with Crippen LogP contribution in [0.2, 0.25) is 0 Å². The van der Waals surface area contributed by atoms with Gasteiger partial charge >= 0.3 is 0 Å². The summed E-state index contributed by atoms with van der Waals surface area (Å²) in [7, 11) is 1.63. The van der Waals surface area contributed by atoms with E-state index in [0.29, 0.717) is 19.1 Å². The first kappa shape index (κ1) is 14.4. The molecule has 1 aliphatic heterocycles. The Kier molecular flexibility index (Phi) is 5.88. The molecule has 3 N–H and O–H groups in total. The van der Waals surface area contributed by atoms with Gasteiger partial charge < -0.3 is 15.8 Å². The number of ether oxygens (including phenoxy) is 1. The van der Waals surface area contributed by atoms with Crippen LogP contribution in [0, 0.1) is 5.92 Å². The van der Waals surface area contributed by atoms with Crippen molar-refractivity contribution in [3.8, 4) is 0 Å². The van der Waals surface area contributed by atoms with Crippen molar-refractivity contribution in [1.29, 1.82) is 0 Å². The summed E-state index contributed by atoms with van der Waals surface area (Å²) in [5.41, 5.74) is 5.98. The van der Waals surface area contributed by atoms with Crippen LogP contribution in [0.15, 0.2) is 0 Å². The monoisotopic (exact) mass is 243 g/mol. The van der Waals surface area contributed by atoms with Gasteiger partial charge in [-0.25, -0.2) is 0 Å². The molecule has 0 spiro atoms. The van der Waals surface area contributed by atoms with E-state index in [0.717, 1.165) is 19.5 Å². The van der Waals surface area contributed by atoms with E-state index >= 15 is 0 Å². The van der Waals surface area contributed by atoms with E-state index in [1.807, 2.05) is 6.92 Å². The number of carbonyl (C=O) groups is 1. The highest BCUT2D eigenvalue weighted by Crippen LogP contribution is 2.17. The van der Waals surface area contributed by atoms with Gasteiger partial charge in [0.1, 0.15) is 0 Å². The third-order valence-corrected chi connectivity index (χ3v) is 3.25.